The van der Waals surface area contributed by atoms with Gasteiger partial charge < -0.3 is 5.32 Å². The molecule has 1 heterocycles. The van der Waals surface area contributed by atoms with Gasteiger partial charge in [0.1, 0.15) is 0 Å². The lowest BCUT2D eigenvalue weighted by atomic mass is 10.5. The highest BCUT2D eigenvalue weighted by molar-refractivity contribution is 9.10. The lowest BCUT2D eigenvalue weighted by Crippen LogP contribution is -2.47. The lowest BCUT2D eigenvalue weighted by molar-refractivity contribution is 0.728. The van der Waals surface area contributed by atoms with E-state index in [2.05, 4.69) is 26.2 Å². The van der Waals surface area contributed by atoms with Crippen LogP contribution < -0.4 is 11.1 Å². The molecule has 1 aliphatic rings. The molecule has 0 radical (unpaired) electrons. The second-order valence-corrected chi connectivity index (χ2v) is 2.82. The minimum absolute atomic E-state index is 0.637. The quantitative estimate of drug-likeness (QED) is 0.407. The average Bonchev–Trinajstić information content (AvgIpc) is 1.65. The molecule has 0 aromatic heterocycles. The number of alkyl halides is 1. The number of nitrogens with two attached hydrogens (primary N) is 1. The molecule has 3 nitrogen and oxygen atoms in total. The van der Waals surface area contributed by atoms with Crippen LogP contribution in [-0.4, -0.2) is 10.8 Å². The Morgan fingerprint density at radius 1 is 1.75 bits per heavy atom. The highest BCUT2D eigenvalue weighted by Gasteiger charge is 2.15. The van der Waals surface area contributed by atoms with Crippen LogP contribution in [0.3, 0.4) is 0 Å². The van der Waals surface area contributed by atoms with E-state index in [1.54, 1.807) is 18.6 Å². The van der Waals surface area contributed by atoms with Crippen molar-refractivity contribution in [2.24, 2.45) is 10.7 Å². The first-order chi connectivity index (χ1) is 3.71. The first-order valence-corrected chi connectivity index (χ1v) is 2.95. The summed E-state index contributed by atoms with van der Waals surface area (Å²) in [6, 6.07) is 0. The molecule has 0 bridgehead atoms. The maximum atomic E-state index is 5.48. The van der Waals surface area contributed by atoms with Crippen molar-refractivity contribution < 1.29 is 0 Å². The number of aliphatic imine (C=N–C) groups is 1. The van der Waals surface area contributed by atoms with Crippen LogP contribution in [0.5, 0.6) is 0 Å². The van der Waals surface area contributed by atoms with E-state index in [1.165, 1.54) is 0 Å². The molecule has 4 heteroatoms. The van der Waals surface area contributed by atoms with Crippen LogP contribution in [0.1, 0.15) is 0 Å². The Labute approximate surface area is 55.8 Å². The van der Waals surface area contributed by atoms with Crippen molar-refractivity contribution >= 4 is 22.1 Å². The van der Waals surface area contributed by atoms with Gasteiger partial charge >= 0.3 is 0 Å². The zero-order valence-corrected chi connectivity index (χ0v) is 5.72. The normalized spacial score (nSPS) is 34.8. The van der Waals surface area contributed by atoms with Crippen molar-refractivity contribution in [2.75, 3.05) is 0 Å². The van der Waals surface area contributed by atoms with Crippen LogP contribution in [0.25, 0.3) is 0 Å². The van der Waals surface area contributed by atoms with E-state index in [-0.39, 0.29) is 0 Å². The fourth-order valence-electron chi connectivity index (χ4n) is 0.397. The average molecular weight is 176 g/mol. The van der Waals surface area contributed by atoms with E-state index in [0.29, 0.717) is 0 Å². The predicted octanol–water partition coefficient (Wildman–Crippen LogP) is 0.139. The maximum absolute atomic E-state index is 5.48. The fourth-order valence-corrected chi connectivity index (χ4v) is 0.647. The van der Waals surface area contributed by atoms with Gasteiger partial charge in [0, 0.05) is 12.4 Å². The van der Waals surface area contributed by atoms with Gasteiger partial charge in [0.05, 0.1) is 6.21 Å². The summed E-state index contributed by atoms with van der Waals surface area (Å²) >= 11 is 3.16. The smallest absolute Gasteiger partial charge is 0.179 e. The van der Waals surface area contributed by atoms with Gasteiger partial charge in [-0.3, -0.25) is 10.7 Å². The predicted molar refractivity (Wildman–Crippen MR) is 36.6 cm³/mol. The third-order valence-corrected chi connectivity index (χ3v) is 1.16. The van der Waals surface area contributed by atoms with Gasteiger partial charge in [-0.1, -0.05) is 0 Å². The number of nitrogens with zero attached hydrogens (tertiary/aromatic N) is 1. The summed E-state index contributed by atoms with van der Waals surface area (Å²) in [6.45, 7) is 0. The van der Waals surface area contributed by atoms with Crippen LogP contribution in [0.2, 0.25) is 0 Å². The second kappa shape index (κ2) is 1.87. The molecule has 0 fully saturated rings. The molecular formula is C4H6BrN3. The Bertz CT molecular complexity index is 138. The molecule has 44 valence electrons. The minimum Gasteiger partial charge on any atom is -0.359 e. The maximum Gasteiger partial charge on any atom is 0.179 e. The molecule has 1 atom stereocenters. The molecule has 0 saturated heterocycles. The SMILES string of the molecule is NC1(Br)C=NC=CN1. The summed E-state index contributed by atoms with van der Waals surface area (Å²) in [5, 5.41) is 2.82. The molecule has 1 rings (SSSR count). The van der Waals surface area contributed by atoms with Gasteiger partial charge in [0.2, 0.25) is 0 Å². The molecule has 0 aromatic rings. The topological polar surface area (TPSA) is 50.4 Å². The van der Waals surface area contributed by atoms with Gasteiger partial charge in [0.15, 0.2) is 4.57 Å². The van der Waals surface area contributed by atoms with E-state index >= 15 is 0 Å². The van der Waals surface area contributed by atoms with Crippen molar-refractivity contribution in [2.45, 2.75) is 4.57 Å². The molecule has 0 saturated carbocycles. The van der Waals surface area contributed by atoms with Gasteiger partial charge in [-0.05, 0) is 15.9 Å². The Morgan fingerprint density at radius 2 is 2.50 bits per heavy atom. The van der Waals surface area contributed by atoms with Crippen molar-refractivity contribution in [3.63, 3.8) is 0 Å². The summed E-state index contributed by atoms with van der Waals surface area (Å²) in [7, 11) is 0. The summed E-state index contributed by atoms with van der Waals surface area (Å²) < 4.78 is -0.637. The molecule has 0 aliphatic carbocycles. The Balaban J connectivity index is 2.65. The molecule has 0 spiro atoms. The van der Waals surface area contributed by atoms with E-state index < -0.39 is 4.57 Å². The number of halogens is 1. The van der Waals surface area contributed by atoms with E-state index in [1.807, 2.05) is 0 Å². The number of hydrogen-bond donors (Lipinski definition) is 2. The summed E-state index contributed by atoms with van der Waals surface area (Å²) in [5.41, 5.74) is 5.48. The van der Waals surface area contributed by atoms with Gasteiger partial charge in [-0.2, -0.15) is 0 Å². The standard InChI is InChI=1S/C4H6BrN3/c5-4(6)3-7-1-2-8-4/h1-3,8H,6H2. The third kappa shape index (κ3) is 1.31. The third-order valence-electron chi connectivity index (χ3n) is 0.728. The molecule has 3 N–H and O–H groups in total. The monoisotopic (exact) mass is 175 g/mol. The second-order valence-electron chi connectivity index (χ2n) is 1.51. The van der Waals surface area contributed by atoms with Gasteiger partial charge in [-0.15, -0.1) is 0 Å². The van der Waals surface area contributed by atoms with Crippen LogP contribution in [-0.2, 0) is 0 Å². The number of nitrogens with one attached hydrogen (secondary N) is 1. The minimum atomic E-state index is -0.637. The summed E-state index contributed by atoms with van der Waals surface area (Å²) in [6.07, 6.45) is 4.88. The molecule has 8 heavy (non-hydrogen) atoms. The molecule has 1 unspecified atom stereocenters. The zero-order valence-electron chi connectivity index (χ0n) is 4.13. The summed E-state index contributed by atoms with van der Waals surface area (Å²) in [5.74, 6) is 0. The Morgan fingerprint density at radius 3 is 2.75 bits per heavy atom. The van der Waals surface area contributed by atoms with Crippen LogP contribution in [0.4, 0.5) is 0 Å². The van der Waals surface area contributed by atoms with Crippen molar-refractivity contribution in [1.29, 1.82) is 0 Å². The number of hydrogen-bond acceptors (Lipinski definition) is 3. The molecule has 0 amide bonds. The van der Waals surface area contributed by atoms with Gasteiger partial charge in [-0.25, -0.2) is 0 Å². The lowest BCUT2D eigenvalue weighted by Gasteiger charge is -2.18. The van der Waals surface area contributed by atoms with Crippen LogP contribution in [0.15, 0.2) is 17.4 Å². The zero-order chi connectivity index (χ0) is 6.04. The molecule has 0 aromatic carbocycles. The molecular weight excluding hydrogens is 170 g/mol. The highest BCUT2D eigenvalue weighted by atomic mass is 79.9. The van der Waals surface area contributed by atoms with Gasteiger partial charge in [0.25, 0.3) is 0 Å². The largest absolute Gasteiger partial charge is 0.359 e. The van der Waals surface area contributed by atoms with Crippen LogP contribution >= 0.6 is 15.9 Å². The number of rotatable bonds is 0. The van der Waals surface area contributed by atoms with E-state index in [9.17, 15) is 0 Å². The first kappa shape index (κ1) is 5.78. The Kier molecular flexibility index (Phi) is 1.35. The van der Waals surface area contributed by atoms with Crippen molar-refractivity contribution in [1.82, 2.24) is 5.32 Å². The van der Waals surface area contributed by atoms with Crippen molar-refractivity contribution in [3.8, 4) is 0 Å². The fraction of sp³-hybridized carbons (Fsp3) is 0.250. The Hall–Kier alpha value is -0.350. The van der Waals surface area contributed by atoms with E-state index in [4.69, 9.17) is 5.73 Å². The van der Waals surface area contributed by atoms with Crippen molar-refractivity contribution in [3.05, 3.63) is 12.4 Å². The molecule has 1 aliphatic heterocycles. The highest BCUT2D eigenvalue weighted by Crippen LogP contribution is 2.04. The van der Waals surface area contributed by atoms with Crippen LogP contribution in [0, 0.1) is 0 Å². The summed E-state index contributed by atoms with van der Waals surface area (Å²) in [4.78, 5) is 3.79. The first-order valence-electron chi connectivity index (χ1n) is 2.15. The van der Waals surface area contributed by atoms with E-state index in [0.717, 1.165) is 0 Å².